The largest absolute Gasteiger partial charge is 0.497 e. The summed E-state index contributed by atoms with van der Waals surface area (Å²) < 4.78 is 10.9. The van der Waals surface area contributed by atoms with Crippen molar-refractivity contribution in [2.45, 2.75) is 19.9 Å². The minimum atomic E-state index is -0.209. The van der Waals surface area contributed by atoms with Crippen molar-refractivity contribution in [1.29, 1.82) is 0 Å². The number of benzene rings is 2. The van der Waals surface area contributed by atoms with Crippen LogP contribution in [0.2, 0.25) is 0 Å². The van der Waals surface area contributed by atoms with Crippen molar-refractivity contribution in [2.24, 2.45) is 0 Å². The third kappa shape index (κ3) is 5.18. The highest BCUT2D eigenvalue weighted by molar-refractivity contribution is 5.84. The molecule has 4 rings (SSSR count). The van der Waals surface area contributed by atoms with Crippen LogP contribution in [0.5, 0.6) is 17.4 Å². The Hall–Kier alpha value is -4.00. The number of carbonyl (C=O) groups is 1. The molecule has 0 aliphatic rings. The molecule has 0 unspecified atom stereocenters. The van der Waals surface area contributed by atoms with Gasteiger partial charge in [0.15, 0.2) is 0 Å². The maximum absolute atomic E-state index is 12.2. The lowest BCUT2D eigenvalue weighted by Gasteiger charge is -2.09. The molecule has 0 aliphatic carbocycles. The third-order valence-electron chi connectivity index (χ3n) is 5.20. The summed E-state index contributed by atoms with van der Waals surface area (Å²) in [6, 6.07) is 19.0. The first-order valence-electron chi connectivity index (χ1n) is 10.5. The molecule has 0 saturated heterocycles. The van der Waals surface area contributed by atoms with Gasteiger partial charge in [0.2, 0.25) is 5.88 Å². The quantitative estimate of drug-likeness (QED) is 0.378. The van der Waals surface area contributed by atoms with E-state index in [0.29, 0.717) is 30.5 Å². The molecular weight excluding hydrogens is 404 g/mol. The van der Waals surface area contributed by atoms with Crippen LogP contribution >= 0.6 is 0 Å². The Kier molecular flexibility index (Phi) is 6.55. The summed E-state index contributed by atoms with van der Waals surface area (Å²) in [6.45, 7) is 2.99. The zero-order valence-corrected chi connectivity index (χ0v) is 18.1. The fraction of sp³-hybridized carbons (Fsp3) is 0.200. The minimum absolute atomic E-state index is 0.209. The van der Waals surface area contributed by atoms with E-state index in [-0.39, 0.29) is 6.03 Å². The molecule has 0 fully saturated rings. The Balaban J connectivity index is 1.23. The number of H-pyrrole nitrogens is 1. The normalized spacial score (nSPS) is 10.7. The van der Waals surface area contributed by atoms with Crippen LogP contribution in [0.15, 0.2) is 66.9 Å². The summed E-state index contributed by atoms with van der Waals surface area (Å²) in [5.41, 5.74) is 4.37. The van der Waals surface area contributed by atoms with Gasteiger partial charge in [-0.15, -0.1) is 0 Å². The molecule has 2 amide bonds. The number of rotatable bonds is 8. The number of nitrogens with zero attached hydrogens (tertiary/aromatic N) is 1. The molecule has 7 nitrogen and oxygen atoms in total. The molecule has 0 atom stereocenters. The fourth-order valence-electron chi connectivity index (χ4n) is 3.56. The van der Waals surface area contributed by atoms with Crippen molar-refractivity contribution in [1.82, 2.24) is 20.6 Å². The number of aryl methyl sites for hydroxylation is 1. The van der Waals surface area contributed by atoms with E-state index in [2.05, 4.69) is 39.7 Å². The van der Waals surface area contributed by atoms with Gasteiger partial charge in [-0.1, -0.05) is 30.3 Å². The molecule has 7 heteroatoms. The second kappa shape index (κ2) is 9.87. The number of aromatic nitrogens is 2. The number of hydrogen-bond donors (Lipinski definition) is 3. The molecular formula is C25H26N4O3. The van der Waals surface area contributed by atoms with Gasteiger partial charge in [-0.2, -0.15) is 0 Å². The van der Waals surface area contributed by atoms with Crippen LogP contribution in [0, 0.1) is 6.92 Å². The van der Waals surface area contributed by atoms with E-state index in [1.807, 2.05) is 36.4 Å². The zero-order valence-electron chi connectivity index (χ0n) is 18.1. The lowest BCUT2D eigenvalue weighted by Crippen LogP contribution is -2.36. The molecule has 4 aromatic rings. The van der Waals surface area contributed by atoms with Gasteiger partial charge < -0.3 is 25.1 Å². The van der Waals surface area contributed by atoms with Crippen LogP contribution in [0.4, 0.5) is 4.79 Å². The topological polar surface area (TPSA) is 88.3 Å². The molecule has 32 heavy (non-hydrogen) atoms. The number of hydrogen-bond acceptors (Lipinski definition) is 4. The predicted molar refractivity (Wildman–Crippen MR) is 124 cm³/mol. The van der Waals surface area contributed by atoms with Crippen LogP contribution in [0.1, 0.15) is 16.8 Å². The van der Waals surface area contributed by atoms with Gasteiger partial charge in [-0.25, -0.2) is 9.78 Å². The van der Waals surface area contributed by atoms with Gasteiger partial charge in [0.1, 0.15) is 11.5 Å². The van der Waals surface area contributed by atoms with Gasteiger partial charge in [0, 0.05) is 48.0 Å². The van der Waals surface area contributed by atoms with Gasteiger partial charge in [0.05, 0.1) is 7.11 Å². The van der Waals surface area contributed by atoms with E-state index in [1.165, 1.54) is 10.9 Å². The number of methoxy groups -OCH3 is 1. The fourth-order valence-corrected chi connectivity index (χ4v) is 3.56. The van der Waals surface area contributed by atoms with Gasteiger partial charge in [0.25, 0.3) is 0 Å². The lowest BCUT2D eigenvalue weighted by molar-refractivity contribution is 0.240. The summed E-state index contributed by atoms with van der Waals surface area (Å²) in [6.07, 6.45) is 2.45. The van der Waals surface area contributed by atoms with E-state index in [1.54, 1.807) is 25.4 Å². The van der Waals surface area contributed by atoms with Crippen LogP contribution < -0.4 is 20.1 Å². The lowest BCUT2D eigenvalue weighted by atomic mass is 10.1. The van der Waals surface area contributed by atoms with E-state index >= 15 is 0 Å². The smallest absolute Gasteiger partial charge is 0.315 e. The SMILES string of the molecule is COc1cccc(Oc2ccc(CNC(=O)NCCc3c(C)[nH]c4ccccc34)cn2)c1. The monoisotopic (exact) mass is 430 g/mol. The number of urea groups is 1. The number of amides is 2. The molecule has 3 N–H and O–H groups in total. The second-order valence-electron chi connectivity index (χ2n) is 7.42. The predicted octanol–water partition coefficient (Wildman–Crippen LogP) is 4.71. The van der Waals surface area contributed by atoms with Crippen molar-refractivity contribution in [2.75, 3.05) is 13.7 Å². The third-order valence-corrected chi connectivity index (χ3v) is 5.20. The first-order chi connectivity index (χ1) is 15.6. The highest BCUT2D eigenvalue weighted by atomic mass is 16.5. The first kappa shape index (κ1) is 21.2. The Morgan fingerprint density at radius 1 is 1.03 bits per heavy atom. The summed E-state index contributed by atoms with van der Waals surface area (Å²) >= 11 is 0. The standard InChI is InChI=1S/C25H26N4O3/c1-17-21(22-8-3-4-9-23(22)29-17)12-13-26-25(30)28-16-18-10-11-24(27-15-18)32-20-7-5-6-19(14-20)31-2/h3-11,14-15,29H,12-13,16H2,1-2H3,(H2,26,28,30). The van der Waals surface area contributed by atoms with Crippen LogP contribution in [0.3, 0.4) is 0 Å². The number of para-hydroxylation sites is 1. The molecule has 0 aliphatic heterocycles. The minimum Gasteiger partial charge on any atom is -0.497 e. The van der Waals surface area contributed by atoms with Crippen LogP contribution in [-0.2, 0) is 13.0 Å². The molecule has 0 radical (unpaired) electrons. The molecule has 164 valence electrons. The zero-order chi connectivity index (χ0) is 22.3. The molecule has 0 bridgehead atoms. The van der Waals surface area contributed by atoms with Crippen molar-refractivity contribution in [3.63, 3.8) is 0 Å². The van der Waals surface area contributed by atoms with Gasteiger partial charge in [-0.3, -0.25) is 0 Å². The highest BCUT2D eigenvalue weighted by Crippen LogP contribution is 2.24. The van der Waals surface area contributed by atoms with Gasteiger partial charge in [-0.05, 0) is 42.7 Å². The van der Waals surface area contributed by atoms with E-state index in [4.69, 9.17) is 9.47 Å². The Labute approximate surface area is 186 Å². The van der Waals surface area contributed by atoms with Crippen molar-refractivity contribution in [3.8, 4) is 17.4 Å². The maximum Gasteiger partial charge on any atom is 0.315 e. The summed E-state index contributed by atoms with van der Waals surface area (Å²) in [4.78, 5) is 19.9. The van der Waals surface area contributed by atoms with E-state index in [9.17, 15) is 4.79 Å². The van der Waals surface area contributed by atoms with E-state index in [0.717, 1.165) is 23.2 Å². The Morgan fingerprint density at radius 3 is 2.69 bits per heavy atom. The number of aromatic amines is 1. The Bertz CT molecular complexity index is 1200. The average Bonchev–Trinajstić information content (AvgIpc) is 3.14. The first-order valence-corrected chi connectivity index (χ1v) is 10.5. The van der Waals surface area contributed by atoms with Crippen LogP contribution in [-0.4, -0.2) is 29.7 Å². The molecule has 0 saturated carbocycles. The number of fused-ring (bicyclic) bond motifs is 1. The molecule has 0 spiro atoms. The van der Waals surface area contributed by atoms with E-state index < -0.39 is 0 Å². The molecule has 2 aromatic carbocycles. The number of ether oxygens (including phenoxy) is 2. The maximum atomic E-state index is 12.2. The number of carbonyl (C=O) groups excluding carboxylic acids is 1. The van der Waals surface area contributed by atoms with Gasteiger partial charge >= 0.3 is 6.03 Å². The summed E-state index contributed by atoms with van der Waals surface area (Å²) in [5, 5.41) is 6.98. The number of nitrogens with one attached hydrogen (secondary N) is 3. The number of pyridine rings is 1. The van der Waals surface area contributed by atoms with Crippen molar-refractivity contribution in [3.05, 3.63) is 83.7 Å². The highest BCUT2D eigenvalue weighted by Gasteiger charge is 2.08. The second-order valence-corrected chi connectivity index (χ2v) is 7.42. The van der Waals surface area contributed by atoms with Crippen LogP contribution in [0.25, 0.3) is 10.9 Å². The average molecular weight is 431 g/mol. The molecule has 2 heterocycles. The summed E-state index contributed by atoms with van der Waals surface area (Å²) in [5.74, 6) is 1.84. The van der Waals surface area contributed by atoms with Crippen molar-refractivity contribution >= 4 is 16.9 Å². The Morgan fingerprint density at radius 2 is 1.88 bits per heavy atom. The molecule has 2 aromatic heterocycles. The van der Waals surface area contributed by atoms with Crippen molar-refractivity contribution < 1.29 is 14.3 Å². The summed E-state index contributed by atoms with van der Waals surface area (Å²) in [7, 11) is 1.61.